The van der Waals surface area contributed by atoms with Crippen molar-refractivity contribution in [2.75, 3.05) is 59.5 Å². The van der Waals surface area contributed by atoms with E-state index in [9.17, 15) is 31.1 Å². The van der Waals surface area contributed by atoms with Crippen molar-refractivity contribution < 1.29 is 55.7 Å². The fraction of sp³-hybridized carbons (Fsp3) is 0.696. The fourth-order valence-corrected chi connectivity index (χ4v) is 4.58. The first-order valence-corrected chi connectivity index (χ1v) is 12.2. The third-order valence-corrected chi connectivity index (χ3v) is 6.49. The van der Waals surface area contributed by atoms with Gasteiger partial charge < -0.3 is 29.6 Å². The molecule has 3 saturated heterocycles. The molecule has 0 bridgehead atoms. The molecule has 3 aliphatic heterocycles. The molecule has 4 rings (SSSR count). The predicted molar refractivity (Wildman–Crippen MR) is 125 cm³/mol. The Balaban J connectivity index is 0.000000333. The Morgan fingerprint density at radius 1 is 1.00 bits per heavy atom. The summed E-state index contributed by atoms with van der Waals surface area (Å²) in [6, 6.07) is 0. The number of carboxylic acid groups (broad SMARTS) is 2. The van der Waals surface area contributed by atoms with Crippen LogP contribution in [0.2, 0.25) is 0 Å². The number of carbonyl (C=O) groups excluding carboxylic acids is 1. The minimum absolute atomic E-state index is 0.0247. The highest BCUT2D eigenvalue weighted by molar-refractivity contribution is 5.92. The van der Waals surface area contributed by atoms with E-state index in [0.29, 0.717) is 18.2 Å². The maximum Gasteiger partial charge on any atom is 0.490 e. The van der Waals surface area contributed by atoms with Gasteiger partial charge in [0.2, 0.25) is 0 Å². The van der Waals surface area contributed by atoms with E-state index in [4.69, 9.17) is 24.5 Å². The van der Waals surface area contributed by atoms with E-state index in [1.165, 1.54) is 0 Å². The third-order valence-electron chi connectivity index (χ3n) is 6.49. The Kier molecular flexibility index (Phi) is 11.6. The molecule has 17 heteroatoms. The molecular weight excluding hydrogens is 556 g/mol. The standard InChI is InChI=1S/C19H29N5O2.2C2HF3O2/c1-22-7-9-23(10-8-22)13-16-11-19(26-14-16)3-2-6-24(15-19)18(25)17-12-20-4-5-21-17;2*3-2(4,5)1(6)7/h4-5,12,16H,2-3,6-11,13-15H2,1H3;2*(H,6,7). The number of aliphatic carboxylic acids is 2. The Hall–Kier alpha value is -3.05. The number of alkyl halides is 6. The Bertz CT molecular complexity index is 967. The van der Waals surface area contributed by atoms with Gasteiger partial charge in [-0.25, -0.2) is 14.6 Å². The lowest BCUT2D eigenvalue weighted by Crippen LogP contribution is -2.50. The molecule has 3 aliphatic rings. The molecule has 40 heavy (non-hydrogen) atoms. The second-order valence-electron chi connectivity index (χ2n) is 9.69. The van der Waals surface area contributed by atoms with Crippen LogP contribution in [0.25, 0.3) is 0 Å². The summed E-state index contributed by atoms with van der Waals surface area (Å²) in [5.41, 5.74) is 0.268. The molecule has 1 amide bonds. The number of likely N-dealkylation sites (tertiary alicyclic amines) is 1. The summed E-state index contributed by atoms with van der Waals surface area (Å²) in [5.74, 6) is -4.96. The number of likely N-dealkylation sites (N-methyl/N-ethyl adjacent to an activating group) is 1. The number of amides is 1. The van der Waals surface area contributed by atoms with Gasteiger partial charge in [-0.1, -0.05) is 0 Å². The molecule has 0 saturated carbocycles. The highest BCUT2D eigenvalue weighted by Crippen LogP contribution is 2.38. The number of rotatable bonds is 3. The van der Waals surface area contributed by atoms with Crippen LogP contribution in [0.3, 0.4) is 0 Å². The zero-order chi connectivity index (χ0) is 30.1. The van der Waals surface area contributed by atoms with E-state index in [1.807, 2.05) is 4.90 Å². The van der Waals surface area contributed by atoms with E-state index in [-0.39, 0.29) is 11.5 Å². The van der Waals surface area contributed by atoms with Crippen molar-refractivity contribution in [3.63, 3.8) is 0 Å². The van der Waals surface area contributed by atoms with Gasteiger partial charge in [0, 0.05) is 51.7 Å². The quantitative estimate of drug-likeness (QED) is 0.506. The molecule has 11 nitrogen and oxygen atoms in total. The Morgan fingerprint density at radius 2 is 1.57 bits per heavy atom. The molecule has 1 aromatic heterocycles. The van der Waals surface area contributed by atoms with Gasteiger partial charge in [0.25, 0.3) is 5.91 Å². The maximum absolute atomic E-state index is 12.7. The SMILES string of the molecule is CN1CCN(CC2COC3(CCCN(C(=O)c4cnccn4)C3)C2)CC1.O=C(O)C(F)(F)F.O=C(O)C(F)(F)F. The smallest absolute Gasteiger partial charge is 0.475 e. The molecule has 1 spiro atoms. The van der Waals surface area contributed by atoms with Gasteiger partial charge in [-0.2, -0.15) is 26.3 Å². The maximum atomic E-state index is 12.7. The fourth-order valence-electron chi connectivity index (χ4n) is 4.58. The number of halogens is 6. The van der Waals surface area contributed by atoms with E-state index in [0.717, 1.165) is 65.1 Å². The molecule has 226 valence electrons. The summed E-state index contributed by atoms with van der Waals surface area (Å²) in [6.45, 7) is 8.01. The van der Waals surface area contributed by atoms with Gasteiger partial charge in [-0.05, 0) is 32.2 Å². The van der Waals surface area contributed by atoms with Gasteiger partial charge in [0.05, 0.1) is 24.9 Å². The average Bonchev–Trinajstić information content (AvgIpc) is 3.26. The van der Waals surface area contributed by atoms with Crippen LogP contribution in [-0.4, -0.2) is 130 Å². The first-order valence-electron chi connectivity index (χ1n) is 12.2. The van der Waals surface area contributed by atoms with Crippen LogP contribution in [-0.2, 0) is 14.3 Å². The number of piperidine rings is 1. The number of carboxylic acids is 2. The lowest BCUT2D eigenvalue weighted by molar-refractivity contribution is -0.193. The molecule has 4 heterocycles. The summed E-state index contributed by atoms with van der Waals surface area (Å²) in [4.78, 5) is 45.6. The van der Waals surface area contributed by atoms with Crippen molar-refractivity contribution >= 4 is 17.8 Å². The molecule has 0 aliphatic carbocycles. The second-order valence-corrected chi connectivity index (χ2v) is 9.69. The molecule has 1 aromatic rings. The van der Waals surface area contributed by atoms with Crippen molar-refractivity contribution in [1.29, 1.82) is 0 Å². The number of ether oxygens (including phenoxy) is 1. The Labute approximate surface area is 225 Å². The van der Waals surface area contributed by atoms with Crippen LogP contribution in [0.4, 0.5) is 26.3 Å². The number of hydrogen-bond acceptors (Lipinski definition) is 8. The topological polar surface area (TPSA) is 136 Å². The van der Waals surface area contributed by atoms with Crippen LogP contribution in [0.15, 0.2) is 18.6 Å². The molecule has 2 atom stereocenters. The van der Waals surface area contributed by atoms with Crippen LogP contribution >= 0.6 is 0 Å². The molecule has 0 aromatic carbocycles. The van der Waals surface area contributed by atoms with Crippen molar-refractivity contribution in [2.24, 2.45) is 5.92 Å². The molecule has 0 radical (unpaired) electrons. The highest BCUT2D eigenvalue weighted by Gasteiger charge is 2.45. The summed E-state index contributed by atoms with van der Waals surface area (Å²) in [5, 5.41) is 14.2. The van der Waals surface area contributed by atoms with Crippen LogP contribution < -0.4 is 0 Å². The second kappa shape index (κ2) is 14.0. The molecule has 2 N–H and O–H groups in total. The minimum Gasteiger partial charge on any atom is -0.475 e. The lowest BCUT2D eigenvalue weighted by Gasteiger charge is -2.40. The van der Waals surface area contributed by atoms with Gasteiger partial charge in [-0.3, -0.25) is 9.78 Å². The zero-order valence-corrected chi connectivity index (χ0v) is 21.6. The van der Waals surface area contributed by atoms with Gasteiger partial charge >= 0.3 is 24.3 Å². The minimum atomic E-state index is -5.08. The normalized spacial score (nSPS) is 24.0. The highest BCUT2D eigenvalue weighted by atomic mass is 19.4. The third kappa shape index (κ3) is 10.5. The van der Waals surface area contributed by atoms with Gasteiger partial charge in [-0.15, -0.1) is 0 Å². The molecule has 2 unspecified atom stereocenters. The van der Waals surface area contributed by atoms with E-state index < -0.39 is 24.3 Å². The van der Waals surface area contributed by atoms with Crippen molar-refractivity contribution in [3.8, 4) is 0 Å². The monoisotopic (exact) mass is 587 g/mol. The van der Waals surface area contributed by atoms with Gasteiger partial charge in [0.15, 0.2) is 0 Å². The average molecular weight is 588 g/mol. The van der Waals surface area contributed by atoms with Crippen molar-refractivity contribution in [3.05, 3.63) is 24.3 Å². The number of aromatic nitrogens is 2. The van der Waals surface area contributed by atoms with Crippen LogP contribution in [0, 0.1) is 5.92 Å². The Morgan fingerprint density at radius 3 is 2.08 bits per heavy atom. The zero-order valence-electron chi connectivity index (χ0n) is 21.6. The lowest BCUT2D eigenvalue weighted by atomic mass is 9.86. The number of nitrogens with zero attached hydrogens (tertiary/aromatic N) is 5. The summed E-state index contributed by atoms with van der Waals surface area (Å²) >= 11 is 0. The number of piperazine rings is 1. The van der Waals surface area contributed by atoms with E-state index >= 15 is 0 Å². The molecular formula is C23H31F6N5O6. The summed E-state index contributed by atoms with van der Waals surface area (Å²) < 4.78 is 69.8. The largest absolute Gasteiger partial charge is 0.490 e. The first kappa shape index (κ1) is 33.2. The van der Waals surface area contributed by atoms with E-state index in [1.54, 1.807) is 18.6 Å². The number of hydrogen-bond donors (Lipinski definition) is 2. The van der Waals surface area contributed by atoms with Crippen LogP contribution in [0.5, 0.6) is 0 Å². The van der Waals surface area contributed by atoms with Crippen molar-refractivity contribution in [2.45, 2.75) is 37.2 Å². The summed E-state index contributed by atoms with van der Waals surface area (Å²) in [6.07, 6.45) is -2.34. The number of carbonyl (C=O) groups is 3. The molecule has 3 fully saturated rings. The van der Waals surface area contributed by atoms with E-state index in [2.05, 4.69) is 26.8 Å². The van der Waals surface area contributed by atoms with Crippen LogP contribution in [0.1, 0.15) is 29.8 Å². The summed E-state index contributed by atoms with van der Waals surface area (Å²) in [7, 11) is 2.19. The van der Waals surface area contributed by atoms with Crippen molar-refractivity contribution in [1.82, 2.24) is 24.7 Å². The first-order chi connectivity index (χ1) is 18.5. The van der Waals surface area contributed by atoms with Gasteiger partial charge in [0.1, 0.15) is 5.69 Å². The predicted octanol–water partition coefficient (Wildman–Crippen LogP) is 2.00.